The summed E-state index contributed by atoms with van der Waals surface area (Å²) in [5, 5.41) is 3.30. The van der Waals surface area contributed by atoms with E-state index in [0.717, 1.165) is 44.8 Å². The van der Waals surface area contributed by atoms with E-state index >= 15 is 0 Å². The summed E-state index contributed by atoms with van der Waals surface area (Å²) in [6, 6.07) is 8.09. The fourth-order valence-corrected chi connectivity index (χ4v) is 3.00. The van der Waals surface area contributed by atoms with Crippen molar-refractivity contribution in [2.75, 3.05) is 24.7 Å². The standard InChI is InChI=1S/C16H22N2O2/c1-12-16(19)18(11-13-6-8-20-9-7-13)15-5-3-2-4-14(15)10-17-12/h2-5,12-13,17H,6-11H2,1H3. The van der Waals surface area contributed by atoms with Crippen LogP contribution < -0.4 is 10.2 Å². The molecule has 2 aliphatic heterocycles. The summed E-state index contributed by atoms with van der Waals surface area (Å²) in [4.78, 5) is 14.6. The third-order valence-corrected chi connectivity index (χ3v) is 4.30. The van der Waals surface area contributed by atoms with Crippen LogP contribution >= 0.6 is 0 Å². The fraction of sp³-hybridized carbons (Fsp3) is 0.562. The van der Waals surface area contributed by atoms with Crippen molar-refractivity contribution in [2.45, 2.75) is 32.4 Å². The number of para-hydroxylation sites is 1. The molecular weight excluding hydrogens is 252 g/mol. The third-order valence-electron chi connectivity index (χ3n) is 4.30. The lowest BCUT2D eigenvalue weighted by molar-refractivity contribution is -0.120. The molecule has 4 heteroatoms. The Balaban J connectivity index is 1.86. The number of hydrogen-bond donors (Lipinski definition) is 1. The van der Waals surface area contributed by atoms with Crippen molar-refractivity contribution in [3.05, 3.63) is 29.8 Å². The number of anilines is 1. The van der Waals surface area contributed by atoms with E-state index in [1.165, 1.54) is 5.56 Å². The number of carbonyl (C=O) groups is 1. The molecular formula is C16H22N2O2. The maximum atomic E-state index is 12.6. The van der Waals surface area contributed by atoms with Gasteiger partial charge in [-0.05, 0) is 37.3 Å². The largest absolute Gasteiger partial charge is 0.381 e. The van der Waals surface area contributed by atoms with E-state index in [4.69, 9.17) is 4.74 Å². The van der Waals surface area contributed by atoms with Crippen LogP contribution in [0.15, 0.2) is 24.3 Å². The van der Waals surface area contributed by atoms with E-state index in [-0.39, 0.29) is 11.9 Å². The van der Waals surface area contributed by atoms with Crippen LogP contribution in [0.25, 0.3) is 0 Å². The first-order valence-electron chi connectivity index (χ1n) is 7.46. The zero-order chi connectivity index (χ0) is 13.9. The quantitative estimate of drug-likeness (QED) is 0.896. The van der Waals surface area contributed by atoms with Gasteiger partial charge in [0.25, 0.3) is 0 Å². The van der Waals surface area contributed by atoms with Crippen molar-refractivity contribution in [1.29, 1.82) is 0 Å². The maximum absolute atomic E-state index is 12.6. The molecule has 20 heavy (non-hydrogen) atoms. The summed E-state index contributed by atoms with van der Waals surface area (Å²) >= 11 is 0. The van der Waals surface area contributed by atoms with Crippen LogP contribution in [0.4, 0.5) is 5.69 Å². The highest BCUT2D eigenvalue weighted by molar-refractivity contribution is 5.98. The molecule has 1 atom stereocenters. The second-order valence-corrected chi connectivity index (χ2v) is 5.74. The Labute approximate surface area is 120 Å². The van der Waals surface area contributed by atoms with E-state index in [0.29, 0.717) is 5.92 Å². The molecule has 0 aromatic heterocycles. The van der Waals surface area contributed by atoms with Crippen molar-refractivity contribution in [3.63, 3.8) is 0 Å². The zero-order valence-electron chi connectivity index (χ0n) is 12.0. The number of hydrogen-bond acceptors (Lipinski definition) is 3. The predicted molar refractivity (Wildman–Crippen MR) is 78.6 cm³/mol. The lowest BCUT2D eigenvalue weighted by Gasteiger charge is -2.30. The minimum atomic E-state index is -0.123. The Hall–Kier alpha value is -1.39. The maximum Gasteiger partial charge on any atom is 0.243 e. The molecule has 1 fully saturated rings. The molecule has 2 aliphatic rings. The van der Waals surface area contributed by atoms with Crippen LogP contribution in [0.2, 0.25) is 0 Å². The zero-order valence-corrected chi connectivity index (χ0v) is 12.0. The monoisotopic (exact) mass is 274 g/mol. The number of amides is 1. The first kappa shape index (κ1) is 13.6. The molecule has 0 bridgehead atoms. The Morgan fingerprint density at radius 2 is 2.05 bits per heavy atom. The topological polar surface area (TPSA) is 41.6 Å². The fourth-order valence-electron chi connectivity index (χ4n) is 3.00. The molecule has 0 aliphatic carbocycles. The van der Waals surface area contributed by atoms with Gasteiger partial charge in [-0.15, -0.1) is 0 Å². The lowest BCUT2D eigenvalue weighted by atomic mass is 9.98. The average molecular weight is 274 g/mol. The number of ether oxygens (including phenoxy) is 1. The molecule has 1 saturated heterocycles. The van der Waals surface area contributed by atoms with Gasteiger partial charge in [-0.2, -0.15) is 0 Å². The van der Waals surface area contributed by atoms with Crippen LogP contribution in [0.5, 0.6) is 0 Å². The normalized spacial score (nSPS) is 24.4. The molecule has 1 amide bonds. The van der Waals surface area contributed by atoms with Crippen molar-refractivity contribution in [1.82, 2.24) is 5.32 Å². The number of fused-ring (bicyclic) bond motifs is 1. The average Bonchev–Trinajstić information content (AvgIpc) is 2.61. The lowest BCUT2D eigenvalue weighted by Crippen LogP contribution is -2.45. The van der Waals surface area contributed by atoms with Crippen LogP contribution in [0, 0.1) is 5.92 Å². The van der Waals surface area contributed by atoms with Crippen LogP contribution in [0.1, 0.15) is 25.3 Å². The number of carbonyl (C=O) groups excluding carboxylic acids is 1. The van der Waals surface area contributed by atoms with Gasteiger partial charge in [0.1, 0.15) is 0 Å². The smallest absolute Gasteiger partial charge is 0.243 e. The SMILES string of the molecule is CC1NCc2ccccc2N(CC2CCOCC2)C1=O. The molecule has 4 nitrogen and oxygen atoms in total. The minimum absolute atomic E-state index is 0.123. The Morgan fingerprint density at radius 1 is 1.30 bits per heavy atom. The summed E-state index contributed by atoms with van der Waals surface area (Å²) in [7, 11) is 0. The summed E-state index contributed by atoms with van der Waals surface area (Å²) in [6.45, 7) is 5.16. The van der Waals surface area contributed by atoms with Crippen molar-refractivity contribution in [2.24, 2.45) is 5.92 Å². The Kier molecular flexibility index (Phi) is 4.03. The van der Waals surface area contributed by atoms with E-state index in [1.807, 2.05) is 24.0 Å². The first-order valence-corrected chi connectivity index (χ1v) is 7.46. The van der Waals surface area contributed by atoms with Gasteiger partial charge in [0.05, 0.1) is 6.04 Å². The summed E-state index contributed by atoms with van der Waals surface area (Å²) < 4.78 is 5.42. The molecule has 2 heterocycles. The molecule has 0 spiro atoms. The van der Waals surface area contributed by atoms with Crippen LogP contribution in [-0.2, 0) is 16.1 Å². The van der Waals surface area contributed by atoms with Crippen LogP contribution in [0.3, 0.4) is 0 Å². The predicted octanol–water partition coefficient (Wildman–Crippen LogP) is 1.94. The Morgan fingerprint density at radius 3 is 2.85 bits per heavy atom. The van der Waals surface area contributed by atoms with Gasteiger partial charge in [-0.1, -0.05) is 18.2 Å². The van der Waals surface area contributed by atoms with Crippen molar-refractivity contribution < 1.29 is 9.53 Å². The number of nitrogens with zero attached hydrogens (tertiary/aromatic N) is 1. The first-order chi connectivity index (χ1) is 9.75. The molecule has 1 N–H and O–H groups in total. The number of nitrogens with one attached hydrogen (secondary N) is 1. The summed E-state index contributed by atoms with van der Waals surface area (Å²) in [5.74, 6) is 0.729. The highest BCUT2D eigenvalue weighted by atomic mass is 16.5. The van der Waals surface area contributed by atoms with Crippen LogP contribution in [-0.4, -0.2) is 31.7 Å². The molecule has 0 saturated carbocycles. The molecule has 1 aromatic rings. The molecule has 3 rings (SSSR count). The summed E-state index contributed by atoms with van der Waals surface area (Å²) in [6.07, 6.45) is 2.10. The van der Waals surface area contributed by atoms with E-state index in [2.05, 4.69) is 17.4 Å². The Bertz CT molecular complexity index is 483. The third kappa shape index (κ3) is 2.72. The van der Waals surface area contributed by atoms with E-state index < -0.39 is 0 Å². The highest BCUT2D eigenvalue weighted by Crippen LogP contribution is 2.27. The number of benzene rings is 1. The molecule has 108 valence electrons. The van der Waals surface area contributed by atoms with Gasteiger partial charge >= 0.3 is 0 Å². The highest BCUT2D eigenvalue weighted by Gasteiger charge is 2.29. The van der Waals surface area contributed by atoms with Gasteiger partial charge in [-0.25, -0.2) is 0 Å². The van der Waals surface area contributed by atoms with Gasteiger partial charge in [-0.3, -0.25) is 4.79 Å². The van der Waals surface area contributed by atoms with Crippen molar-refractivity contribution >= 4 is 11.6 Å². The second-order valence-electron chi connectivity index (χ2n) is 5.74. The van der Waals surface area contributed by atoms with Crippen molar-refractivity contribution in [3.8, 4) is 0 Å². The molecule has 1 unspecified atom stereocenters. The minimum Gasteiger partial charge on any atom is -0.381 e. The second kappa shape index (κ2) is 5.94. The van der Waals surface area contributed by atoms with Gasteiger partial charge < -0.3 is 15.0 Å². The summed E-state index contributed by atoms with van der Waals surface area (Å²) in [5.41, 5.74) is 2.28. The molecule has 1 aromatic carbocycles. The van der Waals surface area contributed by atoms with Gasteiger partial charge in [0.2, 0.25) is 5.91 Å². The van der Waals surface area contributed by atoms with Gasteiger partial charge in [0.15, 0.2) is 0 Å². The van der Waals surface area contributed by atoms with Gasteiger partial charge in [0, 0.05) is 32.0 Å². The van der Waals surface area contributed by atoms with E-state index in [9.17, 15) is 4.79 Å². The van der Waals surface area contributed by atoms with E-state index in [1.54, 1.807) is 0 Å². The number of rotatable bonds is 2. The molecule has 0 radical (unpaired) electrons.